The van der Waals surface area contributed by atoms with E-state index in [1.165, 1.54) is 6.07 Å². The third-order valence-corrected chi connectivity index (χ3v) is 3.11. The van der Waals surface area contributed by atoms with E-state index in [2.05, 4.69) is 0 Å². The average Bonchev–Trinajstić information content (AvgIpc) is 2.19. The Balaban J connectivity index is 2.44. The Labute approximate surface area is 112 Å². The Morgan fingerprint density at radius 1 is 1.11 bits per heavy atom. The van der Waals surface area contributed by atoms with Gasteiger partial charge in [-0.1, -0.05) is 0 Å². The lowest BCUT2D eigenvalue weighted by Gasteiger charge is -2.48. The van der Waals surface area contributed by atoms with E-state index in [0.717, 1.165) is 6.07 Å². The lowest BCUT2D eigenvalue weighted by atomic mass is 9.98. The van der Waals surface area contributed by atoms with E-state index in [1.54, 1.807) is 4.90 Å². The number of nitrogens with two attached hydrogens (primary N) is 1. The van der Waals surface area contributed by atoms with Gasteiger partial charge in [0.15, 0.2) is 11.6 Å². The van der Waals surface area contributed by atoms with Gasteiger partial charge in [-0.25, -0.2) is 8.78 Å². The summed E-state index contributed by atoms with van der Waals surface area (Å²) in [6, 6.07) is 2.44. The predicted molar refractivity (Wildman–Crippen MR) is 72.2 cm³/mol. The minimum Gasteiger partial charge on any atom is -0.397 e. The largest absolute Gasteiger partial charge is 0.397 e. The van der Waals surface area contributed by atoms with Gasteiger partial charge >= 0.3 is 0 Å². The Kier molecular flexibility index (Phi) is 3.21. The fraction of sp³-hybridized carbons (Fsp3) is 0.571. The summed E-state index contributed by atoms with van der Waals surface area (Å²) < 4.78 is 33.3. The number of nitrogen functional groups attached to an aromatic ring is 1. The summed E-state index contributed by atoms with van der Waals surface area (Å²) in [7, 11) is 0. The standard InChI is InChI=1S/C14H20F2N2O/c1-13(2)7-18(8-14(3,4)19-13)12-10(17)6-5-9(15)11(12)16/h5-6H,7-8,17H2,1-4H3. The van der Waals surface area contributed by atoms with Crippen LogP contribution in [0.2, 0.25) is 0 Å². The summed E-state index contributed by atoms with van der Waals surface area (Å²) in [6.07, 6.45) is 0. The summed E-state index contributed by atoms with van der Waals surface area (Å²) in [4.78, 5) is 1.76. The highest BCUT2D eigenvalue weighted by Crippen LogP contribution is 2.36. The van der Waals surface area contributed by atoms with Crippen LogP contribution in [0, 0.1) is 11.6 Å². The topological polar surface area (TPSA) is 38.5 Å². The van der Waals surface area contributed by atoms with E-state index in [4.69, 9.17) is 10.5 Å². The highest BCUT2D eigenvalue weighted by molar-refractivity contribution is 5.69. The minimum absolute atomic E-state index is 0.129. The molecule has 1 aliphatic rings. The third kappa shape index (κ3) is 2.81. The molecule has 0 unspecified atom stereocenters. The van der Waals surface area contributed by atoms with E-state index < -0.39 is 22.8 Å². The molecule has 0 saturated carbocycles. The van der Waals surface area contributed by atoms with Crippen LogP contribution in [-0.4, -0.2) is 24.3 Å². The Morgan fingerprint density at radius 3 is 2.16 bits per heavy atom. The van der Waals surface area contributed by atoms with Crippen molar-refractivity contribution in [2.24, 2.45) is 0 Å². The monoisotopic (exact) mass is 270 g/mol. The van der Waals surface area contributed by atoms with Crippen molar-refractivity contribution in [3.63, 3.8) is 0 Å². The zero-order valence-electron chi connectivity index (χ0n) is 11.8. The summed E-state index contributed by atoms with van der Waals surface area (Å²) in [5.74, 6) is -1.78. The van der Waals surface area contributed by atoms with Crippen LogP contribution >= 0.6 is 0 Å². The third-order valence-electron chi connectivity index (χ3n) is 3.11. The van der Waals surface area contributed by atoms with Crippen molar-refractivity contribution in [2.45, 2.75) is 38.9 Å². The predicted octanol–water partition coefficient (Wildman–Crippen LogP) is 2.94. The van der Waals surface area contributed by atoms with E-state index in [1.807, 2.05) is 27.7 Å². The van der Waals surface area contributed by atoms with Gasteiger partial charge in [-0.3, -0.25) is 0 Å². The molecule has 0 bridgehead atoms. The molecule has 106 valence electrons. The van der Waals surface area contributed by atoms with E-state index in [9.17, 15) is 8.78 Å². The van der Waals surface area contributed by atoms with Gasteiger partial charge < -0.3 is 15.4 Å². The van der Waals surface area contributed by atoms with Gasteiger partial charge in [0.25, 0.3) is 0 Å². The highest BCUT2D eigenvalue weighted by atomic mass is 19.2. The van der Waals surface area contributed by atoms with Crippen LogP contribution in [0.1, 0.15) is 27.7 Å². The molecule has 0 atom stereocenters. The maximum Gasteiger partial charge on any atom is 0.184 e. The first-order chi connectivity index (χ1) is 8.61. The Hall–Kier alpha value is -1.36. The summed E-state index contributed by atoms with van der Waals surface area (Å²) in [6.45, 7) is 8.62. The zero-order valence-corrected chi connectivity index (χ0v) is 11.8. The van der Waals surface area contributed by atoms with Crippen molar-refractivity contribution in [3.05, 3.63) is 23.8 Å². The van der Waals surface area contributed by atoms with Crippen LogP contribution in [-0.2, 0) is 4.74 Å². The van der Waals surface area contributed by atoms with Crippen LogP contribution in [0.4, 0.5) is 20.2 Å². The van der Waals surface area contributed by atoms with Gasteiger partial charge in [0.05, 0.1) is 22.6 Å². The normalized spacial score (nSPS) is 21.5. The quantitative estimate of drug-likeness (QED) is 0.797. The molecule has 19 heavy (non-hydrogen) atoms. The number of benzene rings is 1. The molecule has 2 N–H and O–H groups in total. The maximum atomic E-state index is 14.0. The summed E-state index contributed by atoms with van der Waals surface area (Å²) >= 11 is 0. The van der Waals surface area contributed by atoms with Gasteiger partial charge in [0.2, 0.25) is 0 Å². The number of hydrogen-bond acceptors (Lipinski definition) is 3. The second-order valence-electron chi connectivity index (χ2n) is 6.28. The maximum absolute atomic E-state index is 14.0. The van der Waals surface area contributed by atoms with Gasteiger partial charge in [-0.05, 0) is 39.8 Å². The number of hydrogen-bond donors (Lipinski definition) is 1. The summed E-state index contributed by atoms with van der Waals surface area (Å²) in [5.41, 5.74) is 5.28. The smallest absolute Gasteiger partial charge is 0.184 e. The lowest BCUT2D eigenvalue weighted by molar-refractivity contribution is -0.133. The molecule has 1 aliphatic heterocycles. The van der Waals surface area contributed by atoms with Crippen molar-refractivity contribution in [3.8, 4) is 0 Å². The van der Waals surface area contributed by atoms with Crippen molar-refractivity contribution in [2.75, 3.05) is 23.7 Å². The molecule has 2 rings (SSSR count). The van der Waals surface area contributed by atoms with Crippen LogP contribution in [0.5, 0.6) is 0 Å². The lowest BCUT2D eigenvalue weighted by Crippen LogP contribution is -2.57. The second kappa shape index (κ2) is 4.34. The molecule has 1 heterocycles. The van der Waals surface area contributed by atoms with Gasteiger partial charge in [0, 0.05) is 13.1 Å². The van der Waals surface area contributed by atoms with Gasteiger partial charge in [0.1, 0.15) is 0 Å². The molecular weight excluding hydrogens is 250 g/mol. The molecular formula is C14H20F2N2O. The summed E-state index contributed by atoms with van der Waals surface area (Å²) in [5, 5.41) is 0. The van der Waals surface area contributed by atoms with Crippen molar-refractivity contribution >= 4 is 11.4 Å². The van der Waals surface area contributed by atoms with E-state index in [0.29, 0.717) is 13.1 Å². The Bertz CT molecular complexity index is 484. The molecule has 0 spiro atoms. The SMILES string of the molecule is CC1(C)CN(c2c(N)ccc(F)c2F)CC(C)(C)O1. The number of anilines is 2. The van der Waals surface area contributed by atoms with Crippen LogP contribution in [0.25, 0.3) is 0 Å². The fourth-order valence-electron chi connectivity index (χ4n) is 2.82. The molecule has 0 aromatic heterocycles. The molecule has 5 heteroatoms. The van der Waals surface area contributed by atoms with Crippen LogP contribution in [0.3, 0.4) is 0 Å². The van der Waals surface area contributed by atoms with Crippen molar-refractivity contribution in [1.29, 1.82) is 0 Å². The molecule has 0 aliphatic carbocycles. The second-order valence-corrected chi connectivity index (χ2v) is 6.28. The fourth-order valence-corrected chi connectivity index (χ4v) is 2.82. The molecule has 1 saturated heterocycles. The van der Waals surface area contributed by atoms with Gasteiger partial charge in [-0.15, -0.1) is 0 Å². The van der Waals surface area contributed by atoms with Gasteiger partial charge in [-0.2, -0.15) is 0 Å². The van der Waals surface area contributed by atoms with Crippen LogP contribution in [0.15, 0.2) is 12.1 Å². The molecule has 0 amide bonds. The molecule has 1 aromatic rings. The first kappa shape index (κ1) is 14.1. The first-order valence-electron chi connectivity index (χ1n) is 6.30. The average molecular weight is 270 g/mol. The highest BCUT2D eigenvalue weighted by Gasteiger charge is 2.39. The van der Waals surface area contributed by atoms with Crippen molar-refractivity contribution < 1.29 is 13.5 Å². The zero-order chi connectivity index (χ0) is 14.4. The minimum atomic E-state index is -0.895. The number of rotatable bonds is 1. The molecule has 1 fully saturated rings. The molecule has 3 nitrogen and oxygen atoms in total. The molecule has 1 aromatic carbocycles. The Morgan fingerprint density at radius 2 is 1.63 bits per heavy atom. The number of halogens is 2. The number of morpholine rings is 1. The first-order valence-corrected chi connectivity index (χ1v) is 6.30. The van der Waals surface area contributed by atoms with Crippen LogP contribution < -0.4 is 10.6 Å². The van der Waals surface area contributed by atoms with E-state index >= 15 is 0 Å². The molecule has 0 radical (unpaired) electrons. The number of nitrogens with zero attached hydrogens (tertiary/aromatic N) is 1. The van der Waals surface area contributed by atoms with E-state index in [-0.39, 0.29) is 11.4 Å². The van der Waals surface area contributed by atoms with Crippen molar-refractivity contribution in [1.82, 2.24) is 0 Å². The number of ether oxygens (including phenoxy) is 1.